The van der Waals surface area contributed by atoms with Crippen molar-refractivity contribution in [2.24, 2.45) is 7.05 Å². The van der Waals surface area contributed by atoms with Gasteiger partial charge in [0.05, 0.1) is 11.4 Å². The summed E-state index contributed by atoms with van der Waals surface area (Å²) in [5, 5.41) is 7.15. The Hall–Kier alpha value is -1.17. The Morgan fingerprint density at radius 2 is 2.05 bits per heavy atom. The first-order valence-corrected chi connectivity index (χ1v) is 7.75. The average Bonchev–Trinajstić information content (AvgIpc) is 2.65. The number of thioether (sulfide) groups is 1. The van der Waals surface area contributed by atoms with E-state index in [2.05, 4.69) is 30.5 Å². The summed E-state index contributed by atoms with van der Waals surface area (Å²) < 4.78 is 1.64. The molecule has 1 aromatic rings. The van der Waals surface area contributed by atoms with Crippen LogP contribution in [0.15, 0.2) is 0 Å². The standard InChI is InChI=1S/C13H24N4OS/c1-6-13(7-2,19-5)8-15-12(18)11-10(14)9(3)16-17(11)4/h6-8,14H2,1-5H3,(H,15,18). The van der Waals surface area contributed by atoms with Gasteiger partial charge in [-0.05, 0) is 26.0 Å². The highest BCUT2D eigenvalue weighted by molar-refractivity contribution is 8.00. The number of rotatable bonds is 6. The van der Waals surface area contributed by atoms with Crippen molar-refractivity contribution in [1.82, 2.24) is 15.1 Å². The molecule has 0 atom stereocenters. The predicted molar refractivity (Wildman–Crippen MR) is 81.5 cm³/mol. The summed E-state index contributed by atoms with van der Waals surface area (Å²) in [5.41, 5.74) is 7.49. The molecule has 0 aliphatic rings. The van der Waals surface area contributed by atoms with E-state index >= 15 is 0 Å². The molecule has 1 rings (SSSR count). The fraction of sp³-hybridized carbons (Fsp3) is 0.692. The normalized spacial score (nSPS) is 11.6. The highest BCUT2D eigenvalue weighted by Crippen LogP contribution is 2.29. The SMILES string of the molecule is CCC(CC)(CNC(=O)c1c(N)c(C)nn1C)SC. The van der Waals surface area contributed by atoms with Crippen LogP contribution in [0.25, 0.3) is 0 Å². The van der Waals surface area contributed by atoms with Crippen LogP contribution in [-0.4, -0.2) is 33.2 Å². The molecule has 0 unspecified atom stereocenters. The van der Waals surface area contributed by atoms with E-state index in [9.17, 15) is 4.79 Å². The monoisotopic (exact) mass is 284 g/mol. The van der Waals surface area contributed by atoms with Crippen LogP contribution in [0.5, 0.6) is 0 Å². The third kappa shape index (κ3) is 3.23. The molecule has 0 spiro atoms. The summed E-state index contributed by atoms with van der Waals surface area (Å²) in [6.45, 7) is 6.74. The lowest BCUT2D eigenvalue weighted by Gasteiger charge is -2.29. The largest absolute Gasteiger partial charge is 0.395 e. The van der Waals surface area contributed by atoms with Gasteiger partial charge in [-0.15, -0.1) is 0 Å². The molecule has 1 aromatic heterocycles. The summed E-state index contributed by atoms with van der Waals surface area (Å²) in [6, 6.07) is 0. The van der Waals surface area contributed by atoms with Crippen molar-refractivity contribution in [3.63, 3.8) is 0 Å². The second-order valence-corrected chi connectivity index (χ2v) is 6.02. The van der Waals surface area contributed by atoms with Crippen LogP contribution in [0.3, 0.4) is 0 Å². The smallest absolute Gasteiger partial charge is 0.271 e. The van der Waals surface area contributed by atoms with Gasteiger partial charge in [-0.2, -0.15) is 16.9 Å². The first kappa shape index (κ1) is 15.9. The number of carbonyl (C=O) groups excluding carboxylic acids is 1. The summed E-state index contributed by atoms with van der Waals surface area (Å²) in [5.74, 6) is -0.152. The van der Waals surface area contributed by atoms with Gasteiger partial charge in [0.15, 0.2) is 0 Å². The van der Waals surface area contributed by atoms with E-state index in [4.69, 9.17) is 5.73 Å². The van der Waals surface area contributed by atoms with E-state index in [-0.39, 0.29) is 10.7 Å². The highest BCUT2D eigenvalue weighted by Gasteiger charge is 2.27. The Bertz CT molecular complexity index is 443. The number of nitrogens with one attached hydrogen (secondary N) is 1. The molecule has 0 bridgehead atoms. The van der Waals surface area contributed by atoms with Gasteiger partial charge in [0.1, 0.15) is 5.69 Å². The molecule has 0 saturated carbocycles. The predicted octanol–water partition coefficient (Wildman–Crippen LogP) is 1.96. The average molecular weight is 284 g/mol. The van der Waals surface area contributed by atoms with E-state index in [0.717, 1.165) is 12.8 Å². The molecule has 1 heterocycles. The molecule has 0 saturated heterocycles. The van der Waals surface area contributed by atoms with Crippen LogP contribution in [0.2, 0.25) is 0 Å². The van der Waals surface area contributed by atoms with Crippen molar-refractivity contribution >= 4 is 23.4 Å². The molecule has 19 heavy (non-hydrogen) atoms. The van der Waals surface area contributed by atoms with Gasteiger partial charge >= 0.3 is 0 Å². The van der Waals surface area contributed by atoms with E-state index in [1.165, 1.54) is 0 Å². The number of aryl methyl sites for hydroxylation is 2. The number of anilines is 1. The maximum Gasteiger partial charge on any atom is 0.271 e. The van der Waals surface area contributed by atoms with Gasteiger partial charge in [0.2, 0.25) is 0 Å². The van der Waals surface area contributed by atoms with Gasteiger partial charge in [-0.25, -0.2) is 0 Å². The van der Waals surface area contributed by atoms with Crippen molar-refractivity contribution in [3.8, 4) is 0 Å². The lowest BCUT2D eigenvalue weighted by molar-refractivity contribution is 0.0940. The Labute approximate surface area is 119 Å². The Morgan fingerprint density at radius 1 is 1.47 bits per heavy atom. The summed E-state index contributed by atoms with van der Waals surface area (Å²) in [6.07, 6.45) is 4.12. The molecule has 5 nitrogen and oxygen atoms in total. The number of nitrogens with two attached hydrogens (primary N) is 1. The van der Waals surface area contributed by atoms with Crippen molar-refractivity contribution in [2.75, 3.05) is 18.5 Å². The first-order chi connectivity index (χ1) is 8.90. The fourth-order valence-corrected chi connectivity index (χ4v) is 2.92. The number of nitrogens with zero attached hydrogens (tertiary/aromatic N) is 2. The van der Waals surface area contributed by atoms with Crippen LogP contribution in [0.1, 0.15) is 42.9 Å². The summed E-state index contributed by atoms with van der Waals surface area (Å²) in [4.78, 5) is 12.2. The van der Waals surface area contributed by atoms with Crippen LogP contribution in [-0.2, 0) is 7.05 Å². The molecule has 0 fully saturated rings. The number of amides is 1. The van der Waals surface area contributed by atoms with Crippen LogP contribution < -0.4 is 11.1 Å². The molecule has 3 N–H and O–H groups in total. The Morgan fingerprint density at radius 3 is 2.42 bits per heavy atom. The molecule has 6 heteroatoms. The zero-order chi connectivity index (χ0) is 14.6. The summed E-state index contributed by atoms with van der Waals surface area (Å²) in [7, 11) is 1.74. The maximum atomic E-state index is 12.2. The van der Waals surface area contributed by atoms with Crippen LogP contribution in [0, 0.1) is 6.92 Å². The first-order valence-electron chi connectivity index (χ1n) is 6.53. The number of carbonyl (C=O) groups is 1. The molecule has 0 aliphatic heterocycles. The Balaban J connectivity index is 2.81. The van der Waals surface area contributed by atoms with Gasteiger partial charge in [-0.3, -0.25) is 9.48 Å². The van der Waals surface area contributed by atoms with Crippen molar-refractivity contribution < 1.29 is 4.79 Å². The minimum absolute atomic E-state index is 0.0953. The van der Waals surface area contributed by atoms with E-state index in [1.807, 2.05) is 0 Å². The minimum atomic E-state index is -0.152. The van der Waals surface area contributed by atoms with Crippen molar-refractivity contribution in [2.45, 2.75) is 38.4 Å². The number of hydrogen-bond acceptors (Lipinski definition) is 4. The zero-order valence-corrected chi connectivity index (χ0v) is 13.2. The third-order valence-corrected chi connectivity index (χ3v) is 5.36. The lowest BCUT2D eigenvalue weighted by atomic mass is 10.0. The number of aromatic nitrogens is 2. The van der Waals surface area contributed by atoms with Gasteiger partial charge in [-0.1, -0.05) is 13.8 Å². The molecule has 0 radical (unpaired) electrons. The molecular weight excluding hydrogens is 260 g/mol. The van der Waals surface area contributed by atoms with Gasteiger partial charge < -0.3 is 11.1 Å². The minimum Gasteiger partial charge on any atom is -0.395 e. The fourth-order valence-electron chi connectivity index (χ4n) is 2.13. The van der Waals surface area contributed by atoms with Crippen LogP contribution >= 0.6 is 11.8 Å². The topological polar surface area (TPSA) is 72.9 Å². The third-order valence-electron chi connectivity index (χ3n) is 3.78. The zero-order valence-electron chi connectivity index (χ0n) is 12.4. The Kier molecular flexibility index (Phi) is 5.29. The molecule has 0 aliphatic carbocycles. The number of hydrogen-bond donors (Lipinski definition) is 2. The second-order valence-electron chi connectivity index (χ2n) is 4.75. The van der Waals surface area contributed by atoms with Crippen molar-refractivity contribution in [3.05, 3.63) is 11.4 Å². The van der Waals surface area contributed by atoms with Crippen LogP contribution in [0.4, 0.5) is 5.69 Å². The van der Waals surface area contributed by atoms with E-state index in [0.29, 0.717) is 23.6 Å². The maximum absolute atomic E-state index is 12.2. The van der Waals surface area contributed by atoms with Gasteiger partial charge in [0, 0.05) is 18.3 Å². The van der Waals surface area contributed by atoms with E-state index < -0.39 is 0 Å². The molecule has 1 amide bonds. The lowest BCUT2D eigenvalue weighted by Crippen LogP contribution is -2.40. The second kappa shape index (κ2) is 6.32. The number of nitrogen functional groups attached to an aromatic ring is 1. The van der Waals surface area contributed by atoms with Crippen molar-refractivity contribution in [1.29, 1.82) is 0 Å². The molecule has 0 aromatic carbocycles. The molecule has 108 valence electrons. The molecular formula is C13H24N4OS. The summed E-state index contributed by atoms with van der Waals surface area (Å²) >= 11 is 1.80. The van der Waals surface area contributed by atoms with Gasteiger partial charge in [0.25, 0.3) is 5.91 Å². The highest BCUT2D eigenvalue weighted by atomic mass is 32.2. The van der Waals surface area contributed by atoms with E-state index in [1.54, 1.807) is 30.4 Å². The quantitative estimate of drug-likeness (QED) is 0.837.